The van der Waals surface area contributed by atoms with E-state index >= 15 is 0 Å². The van der Waals surface area contributed by atoms with Gasteiger partial charge >= 0.3 is 0 Å². The first kappa shape index (κ1) is 12.4. The second kappa shape index (κ2) is 5.05. The van der Waals surface area contributed by atoms with Gasteiger partial charge in [0.25, 0.3) is 0 Å². The van der Waals surface area contributed by atoms with Crippen molar-refractivity contribution in [3.63, 3.8) is 0 Å². The standard InChI is InChI=1S/C14H20FNO/c1-9-7-12(10(2)14(17)13(9)15)8-11-3-5-16-6-4-11/h7,11,16-17H,3-6,8H2,1-2H3. The molecule has 1 fully saturated rings. The van der Waals surface area contributed by atoms with Crippen LogP contribution in [0.4, 0.5) is 4.39 Å². The van der Waals surface area contributed by atoms with Gasteiger partial charge in [0, 0.05) is 0 Å². The first-order chi connectivity index (χ1) is 8.09. The van der Waals surface area contributed by atoms with Crippen molar-refractivity contribution in [2.24, 2.45) is 5.92 Å². The Morgan fingerprint density at radius 2 is 2.00 bits per heavy atom. The number of piperidine rings is 1. The summed E-state index contributed by atoms with van der Waals surface area (Å²) in [6.45, 7) is 5.64. The van der Waals surface area contributed by atoms with Crippen molar-refractivity contribution in [1.29, 1.82) is 0 Å². The second-order valence-electron chi connectivity index (χ2n) is 5.04. The van der Waals surface area contributed by atoms with Crippen LogP contribution in [-0.2, 0) is 6.42 Å². The van der Waals surface area contributed by atoms with Gasteiger partial charge in [0.15, 0.2) is 11.6 Å². The van der Waals surface area contributed by atoms with Crippen molar-refractivity contribution in [3.8, 4) is 5.75 Å². The van der Waals surface area contributed by atoms with Gasteiger partial charge in [-0.1, -0.05) is 6.07 Å². The third-order valence-corrected chi connectivity index (χ3v) is 3.75. The normalized spacial score (nSPS) is 17.4. The van der Waals surface area contributed by atoms with E-state index < -0.39 is 5.82 Å². The Bertz CT molecular complexity index is 411. The van der Waals surface area contributed by atoms with E-state index in [0.29, 0.717) is 17.0 Å². The van der Waals surface area contributed by atoms with Gasteiger partial charge in [-0.2, -0.15) is 0 Å². The molecule has 1 aliphatic heterocycles. The SMILES string of the molecule is Cc1cc(CC2CCNCC2)c(C)c(O)c1F. The number of aryl methyl sites for hydroxylation is 1. The highest BCUT2D eigenvalue weighted by Gasteiger charge is 2.18. The monoisotopic (exact) mass is 237 g/mol. The third-order valence-electron chi connectivity index (χ3n) is 3.75. The Morgan fingerprint density at radius 3 is 2.65 bits per heavy atom. The minimum atomic E-state index is -0.475. The van der Waals surface area contributed by atoms with Crippen LogP contribution in [0.5, 0.6) is 5.75 Å². The molecule has 0 radical (unpaired) electrons. The lowest BCUT2D eigenvalue weighted by Crippen LogP contribution is -2.28. The summed E-state index contributed by atoms with van der Waals surface area (Å²) < 4.78 is 13.5. The Hall–Kier alpha value is -1.09. The molecule has 1 heterocycles. The van der Waals surface area contributed by atoms with Gasteiger partial charge in [-0.3, -0.25) is 0 Å². The molecule has 0 atom stereocenters. The molecule has 0 spiro atoms. The van der Waals surface area contributed by atoms with Crippen LogP contribution < -0.4 is 5.32 Å². The molecule has 2 N–H and O–H groups in total. The Kier molecular flexibility index (Phi) is 3.67. The predicted octanol–water partition coefficient (Wildman–Crippen LogP) is 2.69. The molecule has 1 saturated heterocycles. The molecule has 1 aliphatic rings. The molecule has 0 aliphatic carbocycles. The molecule has 0 bridgehead atoms. The molecule has 2 rings (SSSR count). The lowest BCUT2D eigenvalue weighted by atomic mass is 9.88. The van der Waals surface area contributed by atoms with E-state index in [1.165, 1.54) is 0 Å². The van der Waals surface area contributed by atoms with Crippen LogP contribution in [0, 0.1) is 25.6 Å². The van der Waals surface area contributed by atoms with Crippen LogP contribution in [0.1, 0.15) is 29.5 Å². The van der Waals surface area contributed by atoms with Gasteiger partial charge in [0.2, 0.25) is 0 Å². The molecule has 94 valence electrons. The van der Waals surface area contributed by atoms with E-state index in [9.17, 15) is 9.50 Å². The van der Waals surface area contributed by atoms with Gasteiger partial charge in [-0.15, -0.1) is 0 Å². The lowest BCUT2D eigenvalue weighted by molar-refractivity contribution is 0.370. The Labute approximate surface area is 102 Å². The van der Waals surface area contributed by atoms with Crippen LogP contribution in [0.2, 0.25) is 0 Å². The van der Waals surface area contributed by atoms with Crippen LogP contribution >= 0.6 is 0 Å². The first-order valence-electron chi connectivity index (χ1n) is 6.28. The summed E-state index contributed by atoms with van der Waals surface area (Å²) in [5.41, 5.74) is 2.33. The molecule has 2 nitrogen and oxygen atoms in total. The van der Waals surface area contributed by atoms with Gasteiger partial charge in [0.1, 0.15) is 0 Å². The van der Waals surface area contributed by atoms with Crippen molar-refractivity contribution in [2.75, 3.05) is 13.1 Å². The number of phenolic OH excluding ortho intramolecular Hbond substituents is 1. The quantitative estimate of drug-likeness (QED) is 0.829. The van der Waals surface area contributed by atoms with Gasteiger partial charge < -0.3 is 10.4 Å². The topological polar surface area (TPSA) is 32.3 Å². The number of hydrogen-bond acceptors (Lipinski definition) is 2. The lowest BCUT2D eigenvalue weighted by Gasteiger charge is -2.23. The average molecular weight is 237 g/mol. The Balaban J connectivity index is 2.20. The van der Waals surface area contributed by atoms with Crippen molar-refractivity contribution < 1.29 is 9.50 Å². The number of nitrogens with one attached hydrogen (secondary N) is 1. The largest absolute Gasteiger partial charge is 0.505 e. The number of halogens is 1. The maximum atomic E-state index is 13.5. The zero-order valence-electron chi connectivity index (χ0n) is 10.5. The molecular formula is C14H20FNO. The van der Waals surface area contributed by atoms with Gasteiger partial charge in [-0.05, 0) is 68.8 Å². The van der Waals surface area contributed by atoms with Gasteiger partial charge in [0.05, 0.1) is 0 Å². The van der Waals surface area contributed by atoms with Crippen LogP contribution in [0.3, 0.4) is 0 Å². The summed E-state index contributed by atoms with van der Waals surface area (Å²) in [5, 5.41) is 13.0. The highest BCUT2D eigenvalue weighted by atomic mass is 19.1. The van der Waals surface area contributed by atoms with Crippen LogP contribution in [0.15, 0.2) is 6.07 Å². The number of hydrogen-bond donors (Lipinski definition) is 2. The first-order valence-corrected chi connectivity index (χ1v) is 6.28. The maximum absolute atomic E-state index is 13.5. The molecule has 0 amide bonds. The fourth-order valence-corrected chi connectivity index (χ4v) is 2.55. The van der Waals surface area contributed by atoms with Crippen molar-refractivity contribution in [1.82, 2.24) is 5.32 Å². The molecule has 0 unspecified atom stereocenters. The molecule has 0 saturated carbocycles. The molecule has 17 heavy (non-hydrogen) atoms. The summed E-state index contributed by atoms with van der Waals surface area (Å²) in [4.78, 5) is 0. The van der Waals surface area contributed by atoms with Crippen LogP contribution in [-0.4, -0.2) is 18.2 Å². The number of rotatable bonds is 2. The Morgan fingerprint density at radius 1 is 1.35 bits per heavy atom. The van der Waals surface area contributed by atoms with E-state index in [1.807, 2.05) is 6.07 Å². The van der Waals surface area contributed by atoms with Gasteiger partial charge in [-0.25, -0.2) is 4.39 Å². The molecule has 0 aromatic heterocycles. The number of aromatic hydroxyl groups is 1. The highest BCUT2D eigenvalue weighted by Crippen LogP contribution is 2.30. The zero-order valence-corrected chi connectivity index (χ0v) is 10.5. The van der Waals surface area contributed by atoms with E-state index in [2.05, 4.69) is 5.32 Å². The molecule has 3 heteroatoms. The van der Waals surface area contributed by atoms with Crippen LogP contribution in [0.25, 0.3) is 0 Å². The molecule has 1 aromatic rings. The minimum absolute atomic E-state index is 0.172. The van der Waals surface area contributed by atoms with E-state index in [0.717, 1.165) is 37.9 Å². The van der Waals surface area contributed by atoms with Crippen molar-refractivity contribution in [2.45, 2.75) is 33.1 Å². The van der Waals surface area contributed by atoms with E-state index in [4.69, 9.17) is 0 Å². The van der Waals surface area contributed by atoms with E-state index in [1.54, 1.807) is 13.8 Å². The van der Waals surface area contributed by atoms with E-state index in [-0.39, 0.29) is 5.75 Å². The predicted molar refractivity (Wildman–Crippen MR) is 66.8 cm³/mol. The van der Waals surface area contributed by atoms with Crippen molar-refractivity contribution in [3.05, 3.63) is 28.6 Å². The highest BCUT2D eigenvalue weighted by molar-refractivity contribution is 5.43. The third kappa shape index (κ3) is 2.60. The second-order valence-corrected chi connectivity index (χ2v) is 5.04. The molecular weight excluding hydrogens is 217 g/mol. The summed E-state index contributed by atoms with van der Waals surface area (Å²) in [6, 6.07) is 1.88. The fourth-order valence-electron chi connectivity index (χ4n) is 2.55. The summed E-state index contributed by atoms with van der Waals surface area (Å²) >= 11 is 0. The fraction of sp³-hybridized carbons (Fsp3) is 0.571. The smallest absolute Gasteiger partial charge is 0.167 e. The average Bonchev–Trinajstić information content (AvgIpc) is 2.35. The maximum Gasteiger partial charge on any atom is 0.167 e. The minimum Gasteiger partial charge on any atom is -0.505 e. The molecule has 1 aromatic carbocycles. The summed E-state index contributed by atoms with van der Waals surface area (Å²) in [7, 11) is 0. The summed E-state index contributed by atoms with van der Waals surface area (Å²) in [6.07, 6.45) is 3.27. The number of phenols is 1. The van der Waals surface area contributed by atoms with Crippen molar-refractivity contribution >= 4 is 0 Å². The zero-order chi connectivity index (χ0) is 12.4. The number of benzene rings is 1. The summed E-state index contributed by atoms with van der Waals surface area (Å²) in [5.74, 6) is 0.00436.